The number of esters is 1. The minimum atomic E-state index is -1.46. The first-order chi connectivity index (χ1) is 13.4. The average molecular weight is 447 g/mol. The standard InChI is InChI=1S/C20H30N2O5S.ClH/c1-4-28-14(2)18(21-13-17(24)27-3)19(25)20(26)22-16(23)12-8-11-15-9-6-5-7-10-15;/h5-7,9-10,14,18-19,21,25H,4,8,11-13H2,1-3H3,(H,22,23,26);1H/t14?,18-,19?;/m0./s1. The first-order valence-electron chi connectivity index (χ1n) is 9.36. The molecule has 0 saturated heterocycles. The van der Waals surface area contributed by atoms with Crippen LogP contribution in [0.2, 0.25) is 0 Å². The number of hydrogen-bond acceptors (Lipinski definition) is 7. The van der Waals surface area contributed by atoms with Crippen LogP contribution in [0, 0.1) is 0 Å². The third-order valence-electron chi connectivity index (χ3n) is 4.23. The second-order valence-corrected chi connectivity index (χ2v) is 7.99. The number of aryl methyl sites for hydroxylation is 1. The molecule has 0 saturated carbocycles. The van der Waals surface area contributed by atoms with E-state index >= 15 is 0 Å². The first kappa shape index (κ1) is 27.4. The second kappa shape index (κ2) is 15.3. The summed E-state index contributed by atoms with van der Waals surface area (Å²) in [5.41, 5.74) is 1.12. The van der Waals surface area contributed by atoms with Gasteiger partial charge in [-0.05, 0) is 24.2 Å². The number of rotatable bonds is 12. The first-order valence-corrected chi connectivity index (χ1v) is 10.4. The summed E-state index contributed by atoms with van der Waals surface area (Å²) in [4.78, 5) is 35.7. The lowest BCUT2D eigenvalue weighted by Gasteiger charge is -2.28. The van der Waals surface area contributed by atoms with E-state index in [-0.39, 0.29) is 30.6 Å². The van der Waals surface area contributed by atoms with E-state index < -0.39 is 29.9 Å². The molecule has 0 fully saturated rings. The van der Waals surface area contributed by atoms with E-state index in [1.807, 2.05) is 44.2 Å². The van der Waals surface area contributed by atoms with Gasteiger partial charge in [0.05, 0.1) is 19.7 Å². The van der Waals surface area contributed by atoms with Crippen molar-refractivity contribution in [1.82, 2.24) is 10.6 Å². The number of imide groups is 1. The molecule has 3 N–H and O–H groups in total. The van der Waals surface area contributed by atoms with E-state index in [0.29, 0.717) is 6.42 Å². The van der Waals surface area contributed by atoms with Crippen molar-refractivity contribution in [2.75, 3.05) is 19.4 Å². The molecule has 0 heterocycles. The number of carbonyl (C=O) groups is 3. The molecule has 1 rings (SSSR count). The van der Waals surface area contributed by atoms with Crippen molar-refractivity contribution in [3.05, 3.63) is 35.9 Å². The van der Waals surface area contributed by atoms with Crippen molar-refractivity contribution in [3.8, 4) is 0 Å². The Labute approximate surface area is 182 Å². The number of ether oxygens (including phenoxy) is 1. The zero-order chi connectivity index (χ0) is 20.9. The molecule has 7 nitrogen and oxygen atoms in total. The lowest BCUT2D eigenvalue weighted by Crippen LogP contribution is -2.55. The van der Waals surface area contributed by atoms with Crippen LogP contribution in [-0.4, -0.2) is 59.7 Å². The van der Waals surface area contributed by atoms with E-state index in [4.69, 9.17) is 0 Å². The Hall–Kier alpha value is -1.61. The van der Waals surface area contributed by atoms with Crippen LogP contribution in [0.5, 0.6) is 0 Å². The number of aliphatic hydroxyl groups is 1. The predicted octanol–water partition coefficient (Wildman–Crippen LogP) is 1.71. The molecule has 0 aromatic heterocycles. The molecule has 0 spiro atoms. The molecular weight excluding hydrogens is 416 g/mol. The normalized spacial score (nSPS) is 13.5. The van der Waals surface area contributed by atoms with Crippen LogP contribution >= 0.6 is 24.2 Å². The van der Waals surface area contributed by atoms with Gasteiger partial charge in [0.1, 0.15) is 6.10 Å². The Kier molecular flexibility index (Phi) is 14.4. The summed E-state index contributed by atoms with van der Waals surface area (Å²) in [5, 5.41) is 15.4. The Morgan fingerprint density at radius 2 is 1.86 bits per heavy atom. The highest BCUT2D eigenvalue weighted by molar-refractivity contribution is 7.99. The summed E-state index contributed by atoms with van der Waals surface area (Å²) in [7, 11) is 1.26. The van der Waals surface area contributed by atoms with Crippen LogP contribution < -0.4 is 10.6 Å². The van der Waals surface area contributed by atoms with E-state index in [0.717, 1.165) is 17.7 Å². The van der Waals surface area contributed by atoms with Crippen LogP contribution in [0.4, 0.5) is 0 Å². The molecule has 164 valence electrons. The fourth-order valence-corrected chi connectivity index (χ4v) is 3.69. The summed E-state index contributed by atoms with van der Waals surface area (Å²) in [6.07, 6.45) is 0.0632. The van der Waals surface area contributed by atoms with Crippen molar-refractivity contribution in [3.63, 3.8) is 0 Å². The van der Waals surface area contributed by atoms with Crippen LogP contribution in [0.3, 0.4) is 0 Å². The molecule has 0 aliphatic rings. The van der Waals surface area contributed by atoms with Crippen LogP contribution in [0.25, 0.3) is 0 Å². The topological polar surface area (TPSA) is 105 Å². The van der Waals surface area contributed by atoms with Gasteiger partial charge in [0, 0.05) is 11.7 Å². The zero-order valence-electron chi connectivity index (χ0n) is 17.1. The molecule has 29 heavy (non-hydrogen) atoms. The van der Waals surface area contributed by atoms with Crippen molar-refractivity contribution in [2.45, 2.75) is 50.5 Å². The van der Waals surface area contributed by atoms with Gasteiger partial charge in [0.15, 0.2) is 0 Å². The molecule has 2 amide bonds. The quantitative estimate of drug-likeness (QED) is 0.420. The monoisotopic (exact) mass is 446 g/mol. The molecule has 3 atom stereocenters. The predicted molar refractivity (Wildman–Crippen MR) is 117 cm³/mol. The number of halogens is 1. The summed E-state index contributed by atoms with van der Waals surface area (Å²) in [5.74, 6) is -0.911. The number of aliphatic hydroxyl groups excluding tert-OH is 1. The van der Waals surface area contributed by atoms with Gasteiger partial charge in [-0.2, -0.15) is 11.8 Å². The van der Waals surface area contributed by atoms with Gasteiger partial charge in [-0.3, -0.25) is 19.7 Å². The van der Waals surface area contributed by atoms with Crippen molar-refractivity contribution >= 4 is 42.0 Å². The maximum absolute atomic E-state index is 12.3. The van der Waals surface area contributed by atoms with Crippen molar-refractivity contribution in [1.29, 1.82) is 0 Å². The van der Waals surface area contributed by atoms with Gasteiger partial charge in [-0.25, -0.2) is 0 Å². The van der Waals surface area contributed by atoms with Gasteiger partial charge in [0.2, 0.25) is 5.91 Å². The molecule has 0 bridgehead atoms. The van der Waals surface area contributed by atoms with Gasteiger partial charge < -0.3 is 15.2 Å². The summed E-state index contributed by atoms with van der Waals surface area (Å²) < 4.78 is 4.58. The van der Waals surface area contributed by atoms with E-state index in [1.165, 1.54) is 18.9 Å². The van der Waals surface area contributed by atoms with Crippen molar-refractivity contribution in [2.24, 2.45) is 0 Å². The number of carbonyl (C=O) groups excluding carboxylic acids is 3. The Morgan fingerprint density at radius 1 is 1.21 bits per heavy atom. The zero-order valence-corrected chi connectivity index (χ0v) is 18.7. The largest absolute Gasteiger partial charge is 0.468 e. The molecule has 0 radical (unpaired) electrons. The van der Waals surface area contributed by atoms with Crippen LogP contribution in [-0.2, 0) is 25.5 Å². The number of benzene rings is 1. The molecule has 1 aromatic rings. The Balaban J connectivity index is 0.00000784. The molecular formula is C20H31ClN2O5S. The molecule has 2 unspecified atom stereocenters. The number of thioether (sulfide) groups is 1. The third kappa shape index (κ3) is 10.7. The number of amides is 2. The smallest absolute Gasteiger partial charge is 0.319 e. The number of hydrogen-bond donors (Lipinski definition) is 3. The van der Waals surface area contributed by atoms with Gasteiger partial charge >= 0.3 is 5.97 Å². The molecule has 1 aromatic carbocycles. The molecule has 9 heteroatoms. The highest BCUT2D eigenvalue weighted by atomic mass is 35.5. The van der Waals surface area contributed by atoms with Crippen LogP contribution in [0.15, 0.2) is 30.3 Å². The summed E-state index contributed by atoms with van der Waals surface area (Å²) >= 11 is 1.54. The minimum absolute atomic E-state index is 0. The summed E-state index contributed by atoms with van der Waals surface area (Å²) in [6.45, 7) is 3.67. The third-order valence-corrected chi connectivity index (χ3v) is 5.38. The highest BCUT2D eigenvalue weighted by Gasteiger charge is 2.31. The van der Waals surface area contributed by atoms with Gasteiger partial charge in [-0.1, -0.05) is 44.2 Å². The lowest BCUT2D eigenvalue weighted by molar-refractivity contribution is -0.141. The van der Waals surface area contributed by atoms with E-state index in [1.54, 1.807) is 0 Å². The number of nitrogens with one attached hydrogen (secondary N) is 2. The molecule has 0 aliphatic heterocycles. The highest BCUT2D eigenvalue weighted by Crippen LogP contribution is 2.16. The Bertz CT molecular complexity index is 633. The number of methoxy groups -OCH3 is 1. The maximum Gasteiger partial charge on any atom is 0.319 e. The minimum Gasteiger partial charge on any atom is -0.468 e. The fraction of sp³-hybridized carbons (Fsp3) is 0.550. The fourth-order valence-electron chi connectivity index (χ4n) is 2.71. The van der Waals surface area contributed by atoms with Gasteiger partial charge in [0.25, 0.3) is 5.91 Å². The molecule has 0 aliphatic carbocycles. The van der Waals surface area contributed by atoms with E-state index in [9.17, 15) is 19.5 Å². The van der Waals surface area contributed by atoms with Gasteiger partial charge in [-0.15, -0.1) is 12.4 Å². The van der Waals surface area contributed by atoms with Crippen LogP contribution in [0.1, 0.15) is 32.3 Å². The SMILES string of the molecule is CCSC(C)[C@H](NCC(=O)OC)C(O)C(=O)NC(=O)CCCc1ccccc1.Cl. The van der Waals surface area contributed by atoms with E-state index in [2.05, 4.69) is 15.4 Å². The lowest BCUT2D eigenvalue weighted by atomic mass is 10.1. The average Bonchev–Trinajstić information content (AvgIpc) is 2.68. The Morgan fingerprint density at radius 3 is 2.45 bits per heavy atom. The van der Waals surface area contributed by atoms with Crippen molar-refractivity contribution < 1.29 is 24.2 Å². The second-order valence-electron chi connectivity index (χ2n) is 6.34. The maximum atomic E-state index is 12.3. The summed E-state index contributed by atoms with van der Waals surface area (Å²) in [6, 6.07) is 9.08.